The van der Waals surface area contributed by atoms with Crippen LogP contribution in [-0.2, 0) is 17.1 Å². The number of nitrogens with one attached hydrogen (secondary N) is 1. The molecular weight excluding hydrogens is 339 g/mol. The zero-order valence-electron chi connectivity index (χ0n) is 11.6. The number of carbonyl (C=O) groups is 1. The molecule has 0 aromatic heterocycles. The van der Waals surface area contributed by atoms with Crippen molar-refractivity contribution in [1.82, 2.24) is 0 Å². The average molecular weight is 355 g/mol. The summed E-state index contributed by atoms with van der Waals surface area (Å²) in [7, 11) is 0. The number of anilines is 1. The van der Waals surface area contributed by atoms with Crippen molar-refractivity contribution in [3.8, 4) is 11.1 Å². The number of hydrogen-bond acceptors (Lipinski definition) is 1. The fraction of sp³-hybridized carbons (Fsp3) is 0. The Morgan fingerprint density at radius 1 is 1.14 bits per heavy atom. The molecule has 0 spiro atoms. The van der Waals surface area contributed by atoms with E-state index in [1.807, 2.05) is 66.7 Å². The summed E-state index contributed by atoms with van der Waals surface area (Å²) >= 11 is 6.06. The SMILES string of the molecule is NC(=O)Nc1cc[c-](-c2ccccc2Cl)c1.[Fe+6].c1cc[cH-]c1. The average Bonchev–Trinajstić information content (AvgIpc) is 3.12. The molecule has 0 atom stereocenters. The van der Waals surface area contributed by atoms with E-state index in [1.165, 1.54) is 0 Å². The summed E-state index contributed by atoms with van der Waals surface area (Å²) in [5.41, 5.74) is 7.58. The summed E-state index contributed by atoms with van der Waals surface area (Å²) in [5.74, 6) is 0. The van der Waals surface area contributed by atoms with Gasteiger partial charge in [-0.3, -0.25) is 0 Å². The zero-order valence-corrected chi connectivity index (χ0v) is 13.5. The Morgan fingerprint density at radius 2 is 1.82 bits per heavy atom. The molecule has 3 rings (SSSR count). The van der Waals surface area contributed by atoms with Crippen LogP contribution in [0, 0.1) is 0 Å². The third-order valence-corrected chi connectivity index (χ3v) is 3.09. The van der Waals surface area contributed by atoms with Gasteiger partial charge in [0, 0.05) is 0 Å². The van der Waals surface area contributed by atoms with Crippen LogP contribution in [0.2, 0.25) is 5.02 Å². The minimum Gasteiger partial charge on any atom is -0.352 e. The van der Waals surface area contributed by atoms with Crippen LogP contribution in [0.1, 0.15) is 0 Å². The van der Waals surface area contributed by atoms with Crippen LogP contribution < -0.4 is 11.1 Å². The Morgan fingerprint density at radius 3 is 2.36 bits per heavy atom. The largest absolute Gasteiger partial charge is 6.00 e. The Hall–Kier alpha value is -2.00. The number of rotatable bonds is 2. The minimum absolute atomic E-state index is 0. The van der Waals surface area contributed by atoms with Crippen LogP contribution in [0.4, 0.5) is 10.5 Å². The van der Waals surface area contributed by atoms with E-state index in [0.717, 1.165) is 11.1 Å². The number of halogens is 1. The van der Waals surface area contributed by atoms with E-state index in [2.05, 4.69) is 5.32 Å². The van der Waals surface area contributed by atoms with Gasteiger partial charge in [0.25, 0.3) is 0 Å². The smallest absolute Gasteiger partial charge is 0.352 e. The molecule has 0 bridgehead atoms. The maximum absolute atomic E-state index is 10.7. The van der Waals surface area contributed by atoms with Crippen molar-refractivity contribution in [2.24, 2.45) is 5.73 Å². The molecule has 0 heterocycles. The molecule has 0 unspecified atom stereocenters. The van der Waals surface area contributed by atoms with Gasteiger partial charge in [0.15, 0.2) is 0 Å². The molecule has 3 aromatic rings. The van der Waals surface area contributed by atoms with Crippen LogP contribution in [0.15, 0.2) is 72.8 Å². The zero-order chi connectivity index (χ0) is 15.1. The molecule has 0 aliphatic heterocycles. The van der Waals surface area contributed by atoms with Gasteiger partial charge in [0.05, 0.1) is 0 Å². The van der Waals surface area contributed by atoms with Crippen molar-refractivity contribution in [1.29, 1.82) is 0 Å². The summed E-state index contributed by atoms with van der Waals surface area (Å²) in [6.07, 6.45) is 0. The number of carbonyl (C=O) groups excluding carboxylic acids is 1. The maximum Gasteiger partial charge on any atom is 6.00 e. The van der Waals surface area contributed by atoms with E-state index >= 15 is 0 Å². The van der Waals surface area contributed by atoms with Crippen LogP contribution in [0.3, 0.4) is 0 Å². The number of primary amides is 1. The van der Waals surface area contributed by atoms with Crippen LogP contribution in [0.25, 0.3) is 11.1 Å². The van der Waals surface area contributed by atoms with Crippen molar-refractivity contribution in [3.63, 3.8) is 0 Å². The predicted molar refractivity (Wildman–Crippen MR) is 87.7 cm³/mol. The first-order valence-electron chi connectivity index (χ1n) is 6.41. The first kappa shape index (κ1) is 18.0. The molecule has 0 saturated carbocycles. The third-order valence-electron chi connectivity index (χ3n) is 2.76. The monoisotopic (exact) mass is 354 g/mol. The summed E-state index contributed by atoms with van der Waals surface area (Å²) in [6, 6.07) is 22.4. The van der Waals surface area contributed by atoms with Gasteiger partial charge < -0.3 is 11.1 Å². The Kier molecular flexibility index (Phi) is 7.47. The second-order valence-corrected chi connectivity index (χ2v) is 4.73. The van der Waals surface area contributed by atoms with E-state index < -0.39 is 6.03 Å². The summed E-state index contributed by atoms with van der Waals surface area (Å²) < 4.78 is 0. The molecule has 0 aliphatic carbocycles. The van der Waals surface area contributed by atoms with Gasteiger partial charge in [0.2, 0.25) is 0 Å². The summed E-state index contributed by atoms with van der Waals surface area (Å²) in [4.78, 5) is 10.7. The molecule has 2 amide bonds. The quantitative estimate of drug-likeness (QED) is 0.512. The molecule has 3 N–H and O–H groups in total. The Balaban J connectivity index is 0.000000344. The number of hydrogen-bond donors (Lipinski definition) is 2. The number of nitrogens with two attached hydrogens (primary N) is 1. The molecule has 3 nitrogen and oxygen atoms in total. The molecule has 0 radical (unpaired) electrons. The van der Waals surface area contributed by atoms with Gasteiger partial charge in [-0.2, -0.15) is 18.2 Å². The third kappa shape index (κ3) is 5.41. The Labute approximate surface area is 145 Å². The standard InChI is InChI=1S/C12H10ClN2O.C5H5.Fe/c13-11-4-2-1-3-10(11)8-5-6-9(7-8)15-12(14)16;1-2-4-5-3-1;/h1-7H,(H3,14,15,16);1-5H;/q2*-1;+6. The van der Waals surface area contributed by atoms with E-state index in [4.69, 9.17) is 17.3 Å². The van der Waals surface area contributed by atoms with Crippen LogP contribution in [0.5, 0.6) is 0 Å². The van der Waals surface area contributed by atoms with Gasteiger partial charge >= 0.3 is 23.1 Å². The molecule has 110 valence electrons. The first-order chi connectivity index (χ1) is 10.2. The fourth-order valence-electron chi connectivity index (χ4n) is 1.85. The van der Waals surface area contributed by atoms with Gasteiger partial charge in [-0.15, -0.1) is 35.9 Å². The molecule has 0 fully saturated rings. The topological polar surface area (TPSA) is 55.1 Å². The molecule has 5 heteroatoms. The molecule has 0 saturated heterocycles. The number of amides is 2. The summed E-state index contributed by atoms with van der Waals surface area (Å²) in [6.45, 7) is 0. The molecular formula is C17H15ClFeN2O+4. The summed E-state index contributed by atoms with van der Waals surface area (Å²) in [5, 5.41) is 3.19. The van der Waals surface area contributed by atoms with Gasteiger partial charge in [0.1, 0.15) is 0 Å². The van der Waals surface area contributed by atoms with E-state index in [1.54, 1.807) is 6.07 Å². The van der Waals surface area contributed by atoms with Gasteiger partial charge in [-0.05, 0) is 10.7 Å². The molecule has 3 aromatic carbocycles. The predicted octanol–water partition coefficient (Wildman–Crippen LogP) is 4.62. The second kappa shape index (κ2) is 9.11. The van der Waals surface area contributed by atoms with Gasteiger partial charge in [-0.1, -0.05) is 29.3 Å². The Bertz CT molecular complexity index is 675. The normalized spacial score (nSPS) is 9.14. The maximum atomic E-state index is 10.7. The van der Waals surface area contributed by atoms with E-state index in [0.29, 0.717) is 10.7 Å². The van der Waals surface area contributed by atoms with E-state index in [-0.39, 0.29) is 17.1 Å². The first-order valence-corrected chi connectivity index (χ1v) is 6.79. The van der Waals surface area contributed by atoms with E-state index in [9.17, 15) is 4.79 Å². The van der Waals surface area contributed by atoms with Crippen molar-refractivity contribution in [3.05, 3.63) is 77.8 Å². The molecule has 0 aliphatic rings. The van der Waals surface area contributed by atoms with Crippen molar-refractivity contribution in [2.45, 2.75) is 0 Å². The van der Waals surface area contributed by atoms with Crippen LogP contribution >= 0.6 is 11.6 Å². The van der Waals surface area contributed by atoms with Crippen LogP contribution in [-0.4, -0.2) is 6.03 Å². The van der Waals surface area contributed by atoms with Crippen molar-refractivity contribution >= 4 is 23.3 Å². The van der Waals surface area contributed by atoms with Crippen molar-refractivity contribution < 1.29 is 21.9 Å². The minimum atomic E-state index is -0.573. The number of benzene rings is 1. The van der Waals surface area contributed by atoms with Gasteiger partial charge in [-0.25, -0.2) is 16.9 Å². The number of urea groups is 1. The van der Waals surface area contributed by atoms with Crippen molar-refractivity contribution in [2.75, 3.05) is 5.32 Å². The molecule has 22 heavy (non-hydrogen) atoms. The second-order valence-electron chi connectivity index (χ2n) is 4.32. The fourth-order valence-corrected chi connectivity index (χ4v) is 2.09.